The van der Waals surface area contributed by atoms with Crippen LogP contribution in [0.1, 0.15) is 29.4 Å². The topological polar surface area (TPSA) is 77.6 Å². The first-order valence-corrected chi connectivity index (χ1v) is 8.99. The lowest BCUT2D eigenvalue weighted by Gasteiger charge is -2.12. The molecule has 0 aliphatic rings. The second-order valence-electron chi connectivity index (χ2n) is 6.99. The molecule has 154 valence electrons. The Labute approximate surface area is 165 Å². The van der Waals surface area contributed by atoms with E-state index in [1.54, 1.807) is 11.6 Å². The smallest absolute Gasteiger partial charge is 0.293 e. The van der Waals surface area contributed by atoms with Crippen molar-refractivity contribution in [3.05, 3.63) is 59.2 Å². The lowest BCUT2D eigenvalue weighted by atomic mass is 10.1. The van der Waals surface area contributed by atoms with Gasteiger partial charge in [-0.2, -0.15) is 18.3 Å². The summed E-state index contributed by atoms with van der Waals surface area (Å²) in [4.78, 5) is 16.4. The summed E-state index contributed by atoms with van der Waals surface area (Å²) in [5.74, 6) is -0.887. The van der Waals surface area contributed by atoms with Gasteiger partial charge in [0, 0.05) is 5.69 Å². The van der Waals surface area contributed by atoms with Gasteiger partial charge in [-0.1, -0.05) is 36.8 Å². The number of alkyl halides is 3. The maximum absolute atomic E-state index is 12.8. The van der Waals surface area contributed by atoms with E-state index in [0.29, 0.717) is 12.2 Å². The van der Waals surface area contributed by atoms with Crippen molar-refractivity contribution in [3.8, 4) is 0 Å². The molecule has 0 saturated heterocycles. The molecule has 0 bridgehead atoms. The van der Waals surface area contributed by atoms with Gasteiger partial charge < -0.3 is 0 Å². The zero-order chi connectivity index (χ0) is 21.2. The Bertz CT molecular complexity index is 990. The van der Waals surface area contributed by atoms with Crippen molar-refractivity contribution in [1.82, 2.24) is 24.5 Å². The number of nitrogens with zero attached hydrogens (tertiary/aromatic N) is 5. The van der Waals surface area contributed by atoms with Crippen LogP contribution in [-0.4, -0.2) is 30.5 Å². The first kappa shape index (κ1) is 20.6. The molecule has 3 rings (SSSR count). The zero-order valence-corrected chi connectivity index (χ0v) is 16.2. The number of carbonyl (C=O) groups excluding carboxylic acids is 1. The molecule has 2 aromatic heterocycles. The number of aromatic nitrogens is 5. The molecule has 0 spiro atoms. The van der Waals surface area contributed by atoms with Crippen LogP contribution in [0, 0.1) is 19.8 Å². The minimum Gasteiger partial charge on any atom is -0.293 e. The van der Waals surface area contributed by atoms with Crippen molar-refractivity contribution in [2.75, 3.05) is 5.32 Å². The van der Waals surface area contributed by atoms with Crippen LogP contribution in [0.15, 0.2) is 36.7 Å². The van der Waals surface area contributed by atoms with Gasteiger partial charge in [-0.25, -0.2) is 9.67 Å². The normalized spacial score (nSPS) is 12.8. The van der Waals surface area contributed by atoms with Crippen LogP contribution in [-0.2, 0) is 24.1 Å². The maximum atomic E-state index is 12.8. The van der Waals surface area contributed by atoms with E-state index in [-0.39, 0.29) is 12.5 Å². The summed E-state index contributed by atoms with van der Waals surface area (Å²) in [7, 11) is 0. The highest BCUT2D eigenvalue weighted by atomic mass is 19.4. The Morgan fingerprint density at radius 1 is 1.17 bits per heavy atom. The molecule has 2 heterocycles. The standard InChI is InChI=1S/C19H21F3N6O/c1-12-4-6-15(7-5-12)10-27-11-23-18(26-27)24-17(29)13(2)9-28-14(3)8-16(25-28)19(20,21)22/h4-8,11,13H,9-10H2,1-3H3,(H,24,26,29). The predicted molar refractivity (Wildman–Crippen MR) is 100 cm³/mol. The average Bonchev–Trinajstić information content (AvgIpc) is 3.23. The fourth-order valence-electron chi connectivity index (χ4n) is 2.72. The van der Waals surface area contributed by atoms with E-state index in [0.717, 1.165) is 17.2 Å². The Morgan fingerprint density at radius 2 is 1.86 bits per heavy atom. The quantitative estimate of drug-likeness (QED) is 0.680. The Morgan fingerprint density at radius 3 is 2.48 bits per heavy atom. The van der Waals surface area contributed by atoms with E-state index in [4.69, 9.17) is 0 Å². The summed E-state index contributed by atoms with van der Waals surface area (Å²) >= 11 is 0. The molecule has 1 aromatic carbocycles. The Balaban J connectivity index is 1.59. The van der Waals surface area contributed by atoms with Crippen LogP contribution in [0.2, 0.25) is 0 Å². The molecule has 0 saturated carbocycles. The summed E-state index contributed by atoms with van der Waals surface area (Å²) in [6.07, 6.45) is -3.01. The van der Waals surface area contributed by atoms with Gasteiger partial charge >= 0.3 is 6.18 Å². The molecule has 0 fully saturated rings. The van der Waals surface area contributed by atoms with Gasteiger partial charge in [0.05, 0.1) is 19.0 Å². The second kappa shape index (κ2) is 8.06. The first-order chi connectivity index (χ1) is 13.6. The number of hydrogen-bond donors (Lipinski definition) is 1. The number of rotatable bonds is 6. The molecule has 0 aliphatic carbocycles. The van der Waals surface area contributed by atoms with E-state index in [1.807, 2.05) is 31.2 Å². The average molecular weight is 406 g/mol. The van der Waals surface area contributed by atoms with E-state index >= 15 is 0 Å². The van der Waals surface area contributed by atoms with Crippen LogP contribution in [0.5, 0.6) is 0 Å². The molecule has 3 aromatic rings. The number of aryl methyl sites for hydroxylation is 2. The van der Waals surface area contributed by atoms with Crippen molar-refractivity contribution < 1.29 is 18.0 Å². The largest absolute Gasteiger partial charge is 0.435 e. The molecule has 29 heavy (non-hydrogen) atoms. The third kappa shape index (κ3) is 5.21. The number of hydrogen-bond acceptors (Lipinski definition) is 4. The molecular formula is C19H21F3N6O. The fraction of sp³-hybridized carbons (Fsp3) is 0.368. The number of amides is 1. The Kier molecular flexibility index (Phi) is 5.71. The van der Waals surface area contributed by atoms with Crippen LogP contribution < -0.4 is 5.32 Å². The van der Waals surface area contributed by atoms with Gasteiger partial charge in [-0.05, 0) is 25.5 Å². The van der Waals surface area contributed by atoms with Crippen molar-refractivity contribution >= 4 is 11.9 Å². The molecule has 1 N–H and O–H groups in total. The molecular weight excluding hydrogens is 385 g/mol. The summed E-state index contributed by atoms with van der Waals surface area (Å²) in [5.41, 5.74) is 1.56. The van der Waals surface area contributed by atoms with Crippen LogP contribution in [0.25, 0.3) is 0 Å². The molecule has 0 radical (unpaired) electrons. The van der Waals surface area contributed by atoms with E-state index in [9.17, 15) is 18.0 Å². The van der Waals surface area contributed by atoms with Gasteiger partial charge in [-0.15, -0.1) is 5.10 Å². The summed E-state index contributed by atoms with van der Waals surface area (Å²) < 4.78 is 41.1. The third-order valence-electron chi connectivity index (χ3n) is 4.40. The van der Waals surface area contributed by atoms with Crippen LogP contribution >= 0.6 is 0 Å². The lowest BCUT2D eigenvalue weighted by Crippen LogP contribution is -2.26. The third-order valence-corrected chi connectivity index (χ3v) is 4.40. The number of nitrogens with one attached hydrogen (secondary N) is 1. The summed E-state index contributed by atoms with van der Waals surface area (Å²) in [6, 6.07) is 8.92. The highest BCUT2D eigenvalue weighted by Crippen LogP contribution is 2.28. The van der Waals surface area contributed by atoms with Gasteiger partial charge in [0.25, 0.3) is 0 Å². The van der Waals surface area contributed by atoms with Crippen LogP contribution in [0.3, 0.4) is 0 Å². The van der Waals surface area contributed by atoms with E-state index in [1.165, 1.54) is 17.9 Å². The number of anilines is 1. The molecule has 1 unspecified atom stereocenters. The van der Waals surface area contributed by atoms with Gasteiger partial charge in [0.1, 0.15) is 6.33 Å². The molecule has 1 amide bonds. The minimum atomic E-state index is -4.52. The predicted octanol–water partition coefficient (Wildman–Crippen LogP) is 3.43. The first-order valence-electron chi connectivity index (χ1n) is 8.99. The molecule has 7 nitrogen and oxygen atoms in total. The van der Waals surface area contributed by atoms with Gasteiger partial charge in [0.2, 0.25) is 11.9 Å². The summed E-state index contributed by atoms with van der Waals surface area (Å²) in [5, 5.41) is 10.3. The number of benzene rings is 1. The fourth-order valence-corrected chi connectivity index (χ4v) is 2.72. The minimum absolute atomic E-state index is 0.0117. The van der Waals surface area contributed by atoms with Crippen molar-refractivity contribution in [2.45, 2.75) is 40.0 Å². The Hall–Kier alpha value is -3.17. The molecule has 1 atom stereocenters. The molecule has 0 aliphatic heterocycles. The highest BCUT2D eigenvalue weighted by Gasteiger charge is 2.34. The van der Waals surface area contributed by atoms with Gasteiger partial charge in [0.15, 0.2) is 5.69 Å². The monoisotopic (exact) mass is 406 g/mol. The number of halogens is 3. The van der Waals surface area contributed by atoms with Crippen LogP contribution in [0.4, 0.5) is 19.1 Å². The highest BCUT2D eigenvalue weighted by molar-refractivity contribution is 5.90. The van der Waals surface area contributed by atoms with E-state index < -0.39 is 23.7 Å². The van der Waals surface area contributed by atoms with Crippen molar-refractivity contribution in [2.24, 2.45) is 5.92 Å². The number of carbonyl (C=O) groups is 1. The van der Waals surface area contributed by atoms with E-state index in [2.05, 4.69) is 20.5 Å². The molecule has 10 heteroatoms. The van der Waals surface area contributed by atoms with Crippen molar-refractivity contribution in [1.29, 1.82) is 0 Å². The zero-order valence-electron chi connectivity index (χ0n) is 16.2. The maximum Gasteiger partial charge on any atom is 0.435 e. The van der Waals surface area contributed by atoms with Crippen molar-refractivity contribution in [3.63, 3.8) is 0 Å². The summed E-state index contributed by atoms with van der Waals surface area (Å²) in [6.45, 7) is 5.64. The SMILES string of the molecule is Cc1ccc(Cn2cnc(NC(=O)C(C)Cn3nc(C(F)(F)F)cc3C)n2)cc1. The second-order valence-corrected chi connectivity index (χ2v) is 6.99. The van der Waals surface area contributed by atoms with Gasteiger partial charge in [-0.3, -0.25) is 14.8 Å². The lowest BCUT2D eigenvalue weighted by molar-refractivity contribution is -0.141.